The van der Waals surface area contributed by atoms with Gasteiger partial charge in [-0.25, -0.2) is 0 Å². The van der Waals surface area contributed by atoms with Gasteiger partial charge in [0.25, 0.3) is 0 Å². The zero-order chi connectivity index (χ0) is 11.2. The maximum Gasteiger partial charge on any atom is 0.301 e. The molecule has 0 saturated heterocycles. The van der Waals surface area contributed by atoms with Crippen molar-refractivity contribution in [1.82, 2.24) is 4.72 Å². The van der Waals surface area contributed by atoms with Crippen molar-refractivity contribution in [3.8, 4) is 0 Å². The van der Waals surface area contributed by atoms with E-state index < -0.39 is 10.2 Å². The van der Waals surface area contributed by atoms with Crippen molar-refractivity contribution in [3.63, 3.8) is 0 Å². The Balaban J connectivity index is 1.91. The van der Waals surface area contributed by atoms with Crippen molar-refractivity contribution < 1.29 is 8.42 Å². The summed E-state index contributed by atoms with van der Waals surface area (Å²) in [4.78, 5) is 0. The fraction of sp³-hybridized carbons (Fsp3) is 0.455. The van der Waals surface area contributed by atoms with E-state index in [4.69, 9.17) is 0 Å². The van der Waals surface area contributed by atoms with Crippen molar-refractivity contribution in [2.75, 3.05) is 10.8 Å². The predicted molar refractivity (Wildman–Crippen MR) is 62.6 cm³/mol. The van der Waals surface area contributed by atoms with Crippen LogP contribution in [0.15, 0.2) is 24.3 Å². The number of benzene rings is 1. The quantitative estimate of drug-likeness (QED) is 0.855. The third kappa shape index (κ3) is 1.70. The molecule has 2 aliphatic rings. The van der Waals surface area contributed by atoms with Gasteiger partial charge in [0.15, 0.2) is 0 Å². The van der Waals surface area contributed by atoms with Gasteiger partial charge in [-0.2, -0.15) is 13.1 Å². The average molecular weight is 238 g/mol. The zero-order valence-electron chi connectivity index (χ0n) is 8.89. The second-order valence-corrected chi connectivity index (χ2v) is 5.97. The van der Waals surface area contributed by atoms with Gasteiger partial charge in [0.2, 0.25) is 0 Å². The minimum Gasteiger partial charge on any atom is -0.257 e. The average Bonchev–Trinajstić information content (AvgIpc) is 2.94. The molecule has 0 atom stereocenters. The summed E-state index contributed by atoms with van der Waals surface area (Å²) in [7, 11) is -3.33. The summed E-state index contributed by atoms with van der Waals surface area (Å²) in [5, 5.41) is 0. The Morgan fingerprint density at radius 3 is 2.75 bits per heavy atom. The largest absolute Gasteiger partial charge is 0.301 e. The van der Waals surface area contributed by atoms with E-state index >= 15 is 0 Å². The van der Waals surface area contributed by atoms with E-state index in [0.717, 1.165) is 30.5 Å². The van der Waals surface area contributed by atoms with Crippen molar-refractivity contribution >= 4 is 15.9 Å². The third-order valence-electron chi connectivity index (χ3n) is 3.03. The molecule has 5 heteroatoms. The Morgan fingerprint density at radius 1 is 1.25 bits per heavy atom. The van der Waals surface area contributed by atoms with Gasteiger partial charge in [-0.15, -0.1) is 0 Å². The number of nitrogens with zero attached hydrogens (tertiary/aromatic N) is 1. The van der Waals surface area contributed by atoms with Crippen LogP contribution in [0.2, 0.25) is 0 Å². The molecule has 0 radical (unpaired) electrons. The monoisotopic (exact) mass is 238 g/mol. The number of hydrogen-bond donors (Lipinski definition) is 1. The summed E-state index contributed by atoms with van der Waals surface area (Å²) < 4.78 is 28.3. The van der Waals surface area contributed by atoms with E-state index in [2.05, 4.69) is 4.72 Å². The molecule has 1 heterocycles. The van der Waals surface area contributed by atoms with Crippen LogP contribution in [-0.4, -0.2) is 21.0 Å². The van der Waals surface area contributed by atoms with Crippen LogP contribution < -0.4 is 9.03 Å². The molecule has 86 valence electrons. The lowest BCUT2D eigenvalue weighted by atomic mass is 10.2. The maximum atomic E-state index is 12.1. The van der Waals surface area contributed by atoms with Gasteiger partial charge in [-0.3, -0.25) is 4.31 Å². The Hall–Kier alpha value is -1.07. The standard InChI is InChI=1S/C11H14N2O2S/c14-16(15,12-10-5-6-10)13-8-7-9-3-1-2-4-11(9)13/h1-4,10,12H,5-8H2. The molecule has 1 aromatic carbocycles. The van der Waals surface area contributed by atoms with Crippen molar-refractivity contribution in [3.05, 3.63) is 29.8 Å². The highest BCUT2D eigenvalue weighted by Crippen LogP contribution is 2.30. The van der Waals surface area contributed by atoms with Crippen molar-refractivity contribution in [1.29, 1.82) is 0 Å². The summed E-state index contributed by atoms with van der Waals surface area (Å²) in [6.07, 6.45) is 2.74. The molecule has 0 amide bonds. The third-order valence-corrected chi connectivity index (χ3v) is 4.62. The lowest BCUT2D eigenvalue weighted by molar-refractivity contribution is 0.577. The number of rotatable bonds is 3. The Labute approximate surface area is 95.5 Å². The van der Waals surface area contributed by atoms with Gasteiger partial charge < -0.3 is 0 Å². The van der Waals surface area contributed by atoms with Gasteiger partial charge in [0, 0.05) is 12.6 Å². The topological polar surface area (TPSA) is 49.4 Å². The minimum absolute atomic E-state index is 0.165. The summed E-state index contributed by atoms with van der Waals surface area (Å²) in [5.41, 5.74) is 1.94. The van der Waals surface area contributed by atoms with Crippen LogP contribution in [0.4, 0.5) is 5.69 Å². The molecule has 1 fully saturated rings. The first kappa shape index (κ1) is 10.1. The van der Waals surface area contributed by atoms with Crippen molar-refractivity contribution in [2.45, 2.75) is 25.3 Å². The number of hydrogen-bond acceptors (Lipinski definition) is 2. The molecule has 3 rings (SSSR count). The van der Waals surface area contributed by atoms with Crippen LogP contribution >= 0.6 is 0 Å². The van der Waals surface area contributed by atoms with E-state index in [1.165, 1.54) is 4.31 Å². The molecule has 1 aliphatic heterocycles. The number of para-hydroxylation sites is 1. The second kappa shape index (κ2) is 3.46. The first-order valence-corrected chi connectivity index (χ1v) is 6.99. The normalized spacial score (nSPS) is 19.9. The second-order valence-electron chi connectivity index (χ2n) is 4.35. The van der Waals surface area contributed by atoms with Crippen molar-refractivity contribution in [2.24, 2.45) is 0 Å². The maximum absolute atomic E-state index is 12.1. The van der Waals surface area contributed by atoms with E-state index in [1.54, 1.807) is 0 Å². The molecule has 0 spiro atoms. The summed E-state index contributed by atoms with van der Waals surface area (Å²) in [6.45, 7) is 0.557. The summed E-state index contributed by atoms with van der Waals surface area (Å²) in [6, 6.07) is 7.85. The van der Waals surface area contributed by atoms with Gasteiger partial charge in [-0.1, -0.05) is 18.2 Å². The molecule has 0 bridgehead atoms. The molecule has 0 aromatic heterocycles. The van der Waals surface area contributed by atoms with Crippen LogP contribution in [0, 0.1) is 0 Å². The molecule has 1 aliphatic carbocycles. The molecule has 4 nitrogen and oxygen atoms in total. The highest BCUT2D eigenvalue weighted by Gasteiger charge is 2.34. The summed E-state index contributed by atoms with van der Waals surface area (Å²) in [5.74, 6) is 0. The molecule has 0 unspecified atom stereocenters. The first-order chi connectivity index (χ1) is 7.67. The fourth-order valence-electron chi connectivity index (χ4n) is 2.03. The van der Waals surface area contributed by atoms with E-state index in [1.807, 2.05) is 24.3 Å². The zero-order valence-corrected chi connectivity index (χ0v) is 9.70. The number of fused-ring (bicyclic) bond motifs is 1. The van der Waals surface area contributed by atoms with Crippen LogP contribution in [-0.2, 0) is 16.6 Å². The van der Waals surface area contributed by atoms with Crippen LogP contribution in [0.25, 0.3) is 0 Å². The van der Waals surface area contributed by atoms with E-state index in [0.29, 0.717) is 6.54 Å². The van der Waals surface area contributed by atoms with Gasteiger partial charge in [-0.05, 0) is 30.9 Å². The van der Waals surface area contributed by atoms with E-state index in [9.17, 15) is 8.42 Å². The lowest BCUT2D eigenvalue weighted by Gasteiger charge is -2.19. The first-order valence-electron chi connectivity index (χ1n) is 5.55. The molecule has 1 saturated carbocycles. The molecule has 1 N–H and O–H groups in total. The minimum atomic E-state index is -3.33. The predicted octanol–water partition coefficient (Wildman–Crippen LogP) is 1.05. The van der Waals surface area contributed by atoms with E-state index in [-0.39, 0.29) is 6.04 Å². The fourth-order valence-corrected chi connectivity index (χ4v) is 3.59. The van der Waals surface area contributed by atoms with Gasteiger partial charge >= 0.3 is 10.2 Å². The van der Waals surface area contributed by atoms with Crippen LogP contribution in [0.5, 0.6) is 0 Å². The lowest BCUT2D eigenvalue weighted by Crippen LogP contribution is -2.40. The number of anilines is 1. The molecule has 1 aromatic rings. The SMILES string of the molecule is O=S(=O)(NC1CC1)N1CCc2ccccc21. The highest BCUT2D eigenvalue weighted by atomic mass is 32.2. The summed E-state index contributed by atoms with van der Waals surface area (Å²) >= 11 is 0. The van der Waals surface area contributed by atoms with Crippen LogP contribution in [0.3, 0.4) is 0 Å². The number of nitrogens with one attached hydrogen (secondary N) is 1. The van der Waals surface area contributed by atoms with Crippen LogP contribution in [0.1, 0.15) is 18.4 Å². The van der Waals surface area contributed by atoms with Gasteiger partial charge in [0.1, 0.15) is 0 Å². The Kier molecular flexibility index (Phi) is 2.19. The molecular weight excluding hydrogens is 224 g/mol. The Bertz CT molecular complexity index is 508. The molecular formula is C11H14N2O2S. The smallest absolute Gasteiger partial charge is 0.257 e. The van der Waals surface area contributed by atoms with Gasteiger partial charge in [0.05, 0.1) is 5.69 Å². The Morgan fingerprint density at radius 2 is 2.00 bits per heavy atom. The molecule has 16 heavy (non-hydrogen) atoms. The highest BCUT2D eigenvalue weighted by molar-refractivity contribution is 7.90.